The van der Waals surface area contributed by atoms with Gasteiger partial charge in [-0.2, -0.15) is 25.3 Å². The van der Waals surface area contributed by atoms with Gasteiger partial charge in [-0.3, -0.25) is 0 Å². The summed E-state index contributed by atoms with van der Waals surface area (Å²) in [5.41, 5.74) is 0. The van der Waals surface area contributed by atoms with Crippen molar-refractivity contribution in [1.82, 2.24) is 0 Å². The largest absolute Gasteiger partial charge is 0.388 e. The van der Waals surface area contributed by atoms with Crippen molar-refractivity contribution >= 4 is 25.3 Å². The summed E-state index contributed by atoms with van der Waals surface area (Å²) in [4.78, 5) is 0. The highest BCUT2D eigenvalue weighted by atomic mass is 32.1. The maximum Gasteiger partial charge on any atom is 0.189 e. The average molecular weight is 374 g/mol. The Morgan fingerprint density at radius 2 is 0.957 bits per heavy atom. The minimum atomic E-state index is -1.60. The van der Waals surface area contributed by atoms with E-state index in [-0.39, 0.29) is 11.5 Å². The minimum absolute atomic E-state index is 0.0550. The van der Waals surface area contributed by atoms with Gasteiger partial charge in [0.05, 0.1) is 12.2 Å². The highest BCUT2D eigenvalue weighted by molar-refractivity contribution is 7.80. The molecule has 0 aromatic carbocycles. The summed E-state index contributed by atoms with van der Waals surface area (Å²) in [6.45, 7) is 0. The molecule has 2 saturated heterocycles. The van der Waals surface area contributed by atoms with Gasteiger partial charge in [0, 0.05) is 11.5 Å². The molecule has 0 spiro atoms. The molecule has 0 aliphatic carbocycles. The van der Waals surface area contributed by atoms with E-state index in [1.165, 1.54) is 0 Å². The molecule has 0 radical (unpaired) electrons. The van der Waals surface area contributed by atoms with Crippen molar-refractivity contribution in [3.8, 4) is 0 Å². The summed E-state index contributed by atoms with van der Waals surface area (Å²) >= 11 is 7.95. The Morgan fingerprint density at radius 3 is 1.26 bits per heavy atom. The molecule has 9 nitrogen and oxygen atoms in total. The highest BCUT2D eigenvalue weighted by Crippen LogP contribution is 2.28. The molecule has 0 amide bonds. The molecule has 11 heteroatoms. The topological polar surface area (TPSA) is 149 Å². The molecular weight excluding hydrogens is 352 g/mol. The fourth-order valence-corrected chi connectivity index (χ4v) is 3.10. The molecule has 2 aliphatic heterocycles. The van der Waals surface area contributed by atoms with E-state index in [1.807, 2.05) is 0 Å². The van der Waals surface area contributed by atoms with Gasteiger partial charge in [0.1, 0.15) is 36.6 Å². The van der Waals surface area contributed by atoms with Gasteiger partial charge in [-0.25, -0.2) is 0 Å². The molecule has 4 unspecified atom stereocenters. The predicted octanol–water partition coefficient (Wildman–Crippen LogP) is -3.52. The van der Waals surface area contributed by atoms with Crippen LogP contribution in [0.4, 0.5) is 0 Å². The van der Waals surface area contributed by atoms with Crippen LogP contribution in [-0.2, 0) is 14.2 Å². The Labute approximate surface area is 143 Å². The normalized spacial score (nSPS) is 51.7. The quantitative estimate of drug-likeness (QED) is 0.234. The van der Waals surface area contributed by atoms with Crippen LogP contribution in [0.15, 0.2) is 0 Å². The van der Waals surface area contributed by atoms with Crippen LogP contribution in [0.5, 0.6) is 0 Å². The summed E-state index contributed by atoms with van der Waals surface area (Å²) in [5.74, 6) is 0.110. The number of ether oxygens (including phenoxy) is 3. The maximum absolute atomic E-state index is 9.93. The Hall–Kier alpha value is 0.340. The van der Waals surface area contributed by atoms with Crippen LogP contribution >= 0.6 is 25.3 Å². The van der Waals surface area contributed by atoms with E-state index in [1.54, 1.807) is 0 Å². The first-order valence-corrected chi connectivity index (χ1v) is 8.34. The number of rotatable bonds is 4. The van der Waals surface area contributed by atoms with Gasteiger partial charge in [-0.15, -0.1) is 0 Å². The molecular formula is C12H22O9S2. The fourth-order valence-electron chi connectivity index (χ4n) is 2.49. The Balaban J connectivity index is 2.07. The highest BCUT2D eigenvalue weighted by Gasteiger charge is 2.49. The molecule has 2 heterocycles. The Kier molecular flexibility index (Phi) is 6.96. The smallest absolute Gasteiger partial charge is 0.189 e. The zero-order valence-corrected chi connectivity index (χ0v) is 13.8. The molecule has 2 rings (SSSR count). The zero-order chi connectivity index (χ0) is 17.3. The van der Waals surface area contributed by atoms with E-state index in [9.17, 15) is 30.6 Å². The Bertz CT molecular complexity index is 352. The van der Waals surface area contributed by atoms with Gasteiger partial charge in [-0.1, -0.05) is 0 Å². The van der Waals surface area contributed by atoms with E-state index in [4.69, 9.17) is 14.2 Å². The van der Waals surface area contributed by atoms with E-state index in [0.29, 0.717) is 0 Å². The fraction of sp³-hybridized carbons (Fsp3) is 1.00. The van der Waals surface area contributed by atoms with Gasteiger partial charge in [-0.05, 0) is 0 Å². The third-order valence-electron chi connectivity index (χ3n) is 3.97. The second-order valence-corrected chi connectivity index (χ2v) is 6.26. The van der Waals surface area contributed by atoms with Crippen LogP contribution in [0.1, 0.15) is 0 Å². The number of aliphatic hydroxyl groups excluding tert-OH is 6. The molecule has 0 aromatic rings. The summed E-state index contributed by atoms with van der Waals surface area (Å²) < 4.78 is 15.9. The molecule has 6 N–H and O–H groups in total. The van der Waals surface area contributed by atoms with E-state index in [0.717, 1.165) is 0 Å². The minimum Gasteiger partial charge on any atom is -0.388 e. The number of aliphatic hydroxyl groups is 6. The van der Waals surface area contributed by atoms with E-state index >= 15 is 0 Å². The SMILES string of the molecule is OC1C(O)[C@H](O)[C@@H](CS)O[C@H]1O[C@@H]1OC(CS)[C@@H](O)[C@H](O)C1O. The first-order valence-electron chi connectivity index (χ1n) is 7.08. The molecule has 136 valence electrons. The van der Waals surface area contributed by atoms with Gasteiger partial charge in [0.25, 0.3) is 0 Å². The molecule has 0 aromatic heterocycles. The number of hydrogen-bond donors (Lipinski definition) is 8. The molecule has 10 atom stereocenters. The summed E-state index contributed by atoms with van der Waals surface area (Å²) in [6, 6.07) is 0. The second-order valence-electron chi connectivity index (χ2n) is 5.53. The molecule has 23 heavy (non-hydrogen) atoms. The monoisotopic (exact) mass is 374 g/mol. The van der Waals surface area contributed by atoms with Crippen LogP contribution in [-0.4, -0.2) is 104 Å². The van der Waals surface area contributed by atoms with Crippen LogP contribution in [0.2, 0.25) is 0 Å². The maximum atomic E-state index is 9.93. The van der Waals surface area contributed by atoms with Crippen molar-refractivity contribution in [1.29, 1.82) is 0 Å². The van der Waals surface area contributed by atoms with E-state index < -0.39 is 61.4 Å². The van der Waals surface area contributed by atoms with Crippen molar-refractivity contribution in [3.05, 3.63) is 0 Å². The third kappa shape index (κ3) is 3.96. The molecule has 0 saturated carbocycles. The van der Waals surface area contributed by atoms with Crippen molar-refractivity contribution in [2.45, 2.75) is 61.4 Å². The van der Waals surface area contributed by atoms with Crippen molar-refractivity contribution in [3.63, 3.8) is 0 Å². The van der Waals surface area contributed by atoms with Crippen LogP contribution in [0.3, 0.4) is 0 Å². The van der Waals surface area contributed by atoms with E-state index in [2.05, 4.69) is 25.3 Å². The first kappa shape index (κ1) is 19.7. The lowest BCUT2D eigenvalue weighted by Gasteiger charge is -2.44. The second kappa shape index (κ2) is 8.15. The average Bonchev–Trinajstić information content (AvgIpc) is 2.55. The summed E-state index contributed by atoms with van der Waals surface area (Å²) in [7, 11) is 0. The molecule has 2 fully saturated rings. The third-order valence-corrected chi connectivity index (χ3v) is 4.68. The van der Waals surface area contributed by atoms with Gasteiger partial charge < -0.3 is 44.8 Å². The van der Waals surface area contributed by atoms with Gasteiger partial charge in [0.2, 0.25) is 0 Å². The number of thiol groups is 2. The Morgan fingerprint density at radius 1 is 0.609 bits per heavy atom. The first-order chi connectivity index (χ1) is 10.8. The standard InChI is InChI=1S/C12H22O9S2/c13-5-3(1-22)19-11(9(17)7(5)15)21-12-10(18)8(16)6(14)4(2-23)20-12/h3-18,22-23H,1-2H2/t3-,4?,5-,6-,7?,8+,9?,10?,11+,12+/m1/s1. The lowest BCUT2D eigenvalue weighted by Crippen LogP contribution is -2.63. The van der Waals surface area contributed by atoms with Gasteiger partial charge >= 0.3 is 0 Å². The van der Waals surface area contributed by atoms with Crippen LogP contribution in [0, 0.1) is 0 Å². The zero-order valence-electron chi connectivity index (χ0n) is 12.0. The number of hydrogen-bond acceptors (Lipinski definition) is 11. The summed E-state index contributed by atoms with van der Waals surface area (Å²) in [5, 5.41) is 58.9. The van der Waals surface area contributed by atoms with Crippen molar-refractivity contribution in [2.75, 3.05) is 11.5 Å². The van der Waals surface area contributed by atoms with Crippen LogP contribution < -0.4 is 0 Å². The lowest BCUT2D eigenvalue weighted by atomic mass is 9.98. The van der Waals surface area contributed by atoms with Crippen LogP contribution in [0.25, 0.3) is 0 Å². The molecule has 2 aliphatic rings. The van der Waals surface area contributed by atoms with Crippen molar-refractivity contribution in [2.24, 2.45) is 0 Å². The van der Waals surface area contributed by atoms with Crippen molar-refractivity contribution < 1.29 is 44.8 Å². The summed E-state index contributed by atoms with van der Waals surface area (Å²) in [6.07, 6.45) is -13.6. The predicted molar refractivity (Wildman–Crippen MR) is 82.2 cm³/mol. The molecule has 0 bridgehead atoms. The lowest BCUT2D eigenvalue weighted by molar-refractivity contribution is -0.369. The van der Waals surface area contributed by atoms with Gasteiger partial charge in [0.15, 0.2) is 12.6 Å².